The standard InChI is InChI=1S/C20H15ClN4O3/c1-27-17-6-5-15(21)9-16(17)25-11-14(8-18(25)26)19-23-20(28-24-19)13-4-2-3-12(7-13)10-22/h2-7,9,14H,8,11H2,1H3. The summed E-state index contributed by atoms with van der Waals surface area (Å²) in [5.41, 5.74) is 1.79. The number of rotatable bonds is 4. The van der Waals surface area contributed by atoms with Crippen LogP contribution in [0, 0.1) is 11.3 Å². The maximum Gasteiger partial charge on any atom is 0.257 e. The second-order valence-electron chi connectivity index (χ2n) is 6.37. The van der Waals surface area contributed by atoms with Crippen LogP contribution < -0.4 is 9.64 Å². The summed E-state index contributed by atoms with van der Waals surface area (Å²) < 4.78 is 10.7. The van der Waals surface area contributed by atoms with E-state index in [4.69, 9.17) is 26.1 Å². The molecule has 2 heterocycles. The molecule has 1 fully saturated rings. The topological polar surface area (TPSA) is 92.2 Å². The fraction of sp³-hybridized carbons (Fsp3) is 0.200. The van der Waals surface area contributed by atoms with Gasteiger partial charge in [0, 0.05) is 29.5 Å². The van der Waals surface area contributed by atoms with Crippen molar-refractivity contribution in [2.45, 2.75) is 12.3 Å². The van der Waals surface area contributed by atoms with Crippen molar-refractivity contribution in [1.29, 1.82) is 5.26 Å². The summed E-state index contributed by atoms with van der Waals surface area (Å²) in [6.07, 6.45) is 0.257. The van der Waals surface area contributed by atoms with Crippen LogP contribution in [0.5, 0.6) is 5.75 Å². The zero-order valence-corrected chi connectivity index (χ0v) is 15.7. The molecule has 1 amide bonds. The van der Waals surface area contributed by atoms with Gasteiger partial charge in [-0.15, -0.1) is 0 Å². The van der Waals surface area contributed by atoms with Gasteiger partial charge in [0.15, 0.2) is 5.82 Å². The van der Waals surface area contributed by atoms with Crippen LogP contribution in [-0.2, 0) is 4.79 Å². The van der Waals surface area contributed by atoms with Gasteiger partial charge in [0.1, 0.15) is 5.75 Å². The van der Waals surface area contributed by atoms with Crippen LogP contribution in [0.25, 0.3) is 11.5 Å². The first-order chi connectivity index (χ1) is 13.6. The molecule has 1 aliphatic rings. The van der Waals surface area contributed by atoms with Crippen molar-refractivity contribution < 1.29 is 14.1 Å². The smallest absolute Gasteiger partial charge is 0.257 e. The summed E-state index contributed by atoms with van der Waals surface area (Å²) in [4.78, 5) is 18.7. The van der Waals surface area contributed by atoms with Crippen LogP contribution in [0.4, 0.5) is 5.69 Å². The molecule has 0 aliphatic carbocycles. The third-order valence-electron chi connectivity index (χ3n) is 4.60. The first-order valence-corrected chi connectivity index (χ1v) is 8.95. The van der Waals surface area contributed by atoms with E-state index in [2.05, 4.69) is 16.2 Å². The van der Waals surface area contributed by atoms with E-state index in [0.717, 1.165) is 0 Å². The van der Waals surface area contributed by atoms with E-state index in [1.807, 2.05) is 0 Å². The molecule has 140 valence electrons. The predicted octanol–water partition coefficient (Wildman–Crippen LogP) is 3.79. The van der Waals surface area contributed by atoms with E-state index >= 15 is 0 Å². The number of hydrogen-bond acceptors (Lipinski definition) is 6. The molecule has 0 saturated carbocycles. The molecule has 0 spiro atoms. The molecule has 8 heteroatoms. The van der Waals surface area contributed by atoms with Crippen LogP contribution >= 0.6 is 11.6 Å². The number of methoxy groups -OCH3 is 1. The summed E-state index contributed by atoms with van der Waals surface area (Å²) >= 11 is 6.09. The third-order valence-corrected chi connectivity index (χ3v) is 4.84. The predicted molar refractivity (Wildman–Crippen MR) is 102 cm³/mol. The Morgan fingerprint density at radius 3 is 2.96 bits per heavy atom. The van der Waals surface area contributed by atoms with E-state index in [1.54, 1.807) is 54.5 Å². The number of ether oxygens (including phenoxy) is 1. The molecule has 0 radical (unpaired) electrons. The van der Waals surface area contributed by atoms with Crippen molar-refractivity contribution in [3.8, 4) is 23.3 Å². The lowest BCUT2D eigenvalue weighted by atomic mass is 10.1. The third kappa shape index (κ3) is 3.30. The summed E-state index contributed by atoms with van der Waals surface area (Å²) in [5.74, 6) is 1.06. The SMILES string of the molecule is COc1ccc(Cl)cc1N1CC(c2noc(-c3cccc(C#N)c3)n2)CC1=O. The fourth-order valence-electron chi connectivity index (χ4n) is 3.23. The summed E-state index contributed by atoms with van der Waals surface area (Å²) in [6, 6.07) is 14.2. The number of halogens is 1. The van der Waals surface area contributed by atoms with Gasteiger partial charge in [0.25, 0.3) is 5.89 Å². The van der Waals surface area contributed by atoms with Gasteiger partial charge in [0.05, 0.1) is 24.4 Å². The molecule has 4 rings (SSSR count). The van der Waals surface area contributed by atoms with Crippen molar-refractivity contribution in [1.82, 2.24) is 10.1 Å². The molecule has 1 saturated heterocycles. The minimum absolute atomic E-state index is 0.0663. The Labute approximate surface area is 166 Å². The molecular weight excluding hydrogens is 380 g/mol. The van der Waals surface area contributed by atoms with Gasteiger partial charge < -0.3 is 14.2 Å². The molecule has 7 nitrogen and oxygen atoms in total. The number of amides is 1. The van der Waals surface area contributed by atoms with Gasteiger partial charge >= 0.3 is 0 Å². The molecule has 1 atom stereocenters. The molecular formula is C20H15ClN4O3. The fourth-order valence-corrected chi connectivity index (χ4v) is 3.39. The van der Waals surface area contributed by atoms with Gasteiger partial charge in [-0.2, -0.15) is 10.2 Å². The van der Waals surface area contributed by atoms with Crippen LogP contribution in [0.1, 0.15) is 23.7 Å². The highest BCUT2D eigenvalue weighted by Crippen LogP contribution is 2.37. The molecule has 1 aliphatic heterocycles. The van der Waals surface area contributed by atoms with Crippen molar-refractivity contribution in [2.75, 3.05) is 18.6 Å². The normalized spacial score (nSPS) is 16.2. The van der Waals surface area contributed by atoms with Gasteiger partial charge in [-0.1, -0.05) is 22.8 Å². The van der Waals surface area contributed by atoms with Gasteiger partial charge in [-0.25, -0.2) is 0 Å². The van der Waals surface area contributed by atoms with Gasteiger partial charge in [-0.05, 0) is 36.4 Å². The van der Waals surface area contributed by atoms with E-state index in [9.17, 15) is 4.79 Å². The highest BCUT2D eigenvalue weighted by molar-refractivity contribution is 6.31. The lowest BCUT2D eigenvalue weighted by molar-refractivity contribution is -0.117. The van der Waals surface area contributed by atoms with E-state index in [-0.39, 0.29) is 18.2 Å². The number of carbonyl (C=O) groups is 1. The Kier molecular flexibility index (Phi) is 4.72. The van der Waals surface area contributed by atoms with Crippen LogP contribution in [0.15, 0.2) is 47.0 Å². The maximum atomic E-state index is 12.6. The molecule has 1 unspecified atom stereocenters. The van der Waals surface area contributed by atoms with Gasteiger partial charge in [-0.3, -0.25) is 4.79 Å². The first-order valence-electron chi connectivity index (χ1n) is 8.57. The largest absolute Gasteiger partial charge is 0.495 e. The van der Waals surface area contributed by atoms with Crippen molar-refractivity contribution >= 4 is 23.2 Å². The van der Waals surface area contributed by atoms with E-state index < -0.39 is 0 Å². The summed E-state index contributed by atoms with van der Waals surface area (Å²) in [6.45, 7) is 0.396. The van der Waals surface area contributed by atoms with Crippen molar-refractivity contribution in [2.24, 2.45) is 0 Å². The molecule has 3 aromatic rings. The van der Waals surface area contributed by atoms with Crippen LogP contribution in [0.3, 0.4) is 0 Å². The Morgan fingerprint density at radius 2 is 2.18 bits per heavy atom. The van der Waals surface area contributed by atoms with E-state index in [1.165, 1.54) is 0 Å². The lowest BCUT2D eigenvalue weighted by Gasteiger charge is -2.19. The number of nitriles is 1. The zero-order chi connectivity index (χ0) is 19.7. The Balaban J connectivity index is 1.59. The monoisotopic (exact) mass is 394 g/mol. The highest BCUT2D eigenvalue weighted by atomic mass is 35.5. The number of hydrogen-bond donors (Lipinski definition) is 0. The summed E-state index contributed by atoms with van der Waals surface area (Å²) in [5, 5.41) is 13.6. The Bertz CT molecular complexity index is 1090. The minimum Gasteiger partial charge on any atom is -0.495 e. The second kappa shape index (κ2) is 7.33. The van der Waals surface area contributed by atoms with Crippen LogP contribution in [0.2, 0.25) is 5.02 Å². The maximum absolute atomic E-state index is 12.6. The molecule has 28 heavy (non-hydrogen) atoms. The van der Waals surface area contributed by atoms with E-state index in [0.29, 0.717) is 45.8 Å². The lowest BCUT2D eigenvalue weighted by Crippen LogP contribution is -2.24. The number of aromatic nitrogens is 2. The number of anilines is 1. The quantitative estimate of drug-likeness (QED) is 0.668. The van der Waals surface area contributed by atoms with Crippen molar-refractivity contribution in [3.05, 3.63) is 58.9 Å². The molecule has 0 bridgehead atoms. The number of nitrogens with zero attached hydrogens (tertiary/aromatic N) is 4. The second-order valence-corrected chi connectivity index (χ2v) is 6.81. The van der Waals surface area contributed by atoms with Crippen molar-refractivity contribution in [3.63, 3.8) is 0 Å². The molecule has 2 aromatic carbocycles. The highest BCUT2D eigenvalue weighted by Gasteiger charge is 2.36. The Hall–Kier alpha value is -3.37. The molecule has 1 aromatic heterocycles. The first kappa shape index (κ1) is 18.0. The number of carbonyl (C=O) groups excluding carboxylic acids is 1. The average Bonchev–Trinajstić information content (AvgIpc) is 3.35. The minimum atomic E-state index is -0.215. The molecule has 0 N–H and O–H groups in total. The Morgan fingerprint density at radius 1 is 1.32 bits per heavy atom. The van der Waals surface area contributed by atoms with Gasteiger partial charge in [0.2, 0.25) is 5.91 Å². The average molecular weight is 395 g/mol. The summed E-state index contributed by atoms with van der Waals surface area (Å²) in [7, 11) is 1.55. The number of benzene rings is 2. The zero-order valence-electron chi connectivity index (χ0n) is 14.9. The van der Waals surface area contributed by atoms with Crippen LogP contribution in [-0.4, -0.2) is 29.7 Å².